The highest BCUT2D eigenvalue weighted by Crippen LogP contribution is 2.51. The Balaban J connectivity index is 2.26. The van der Waals surface area contributed by atoms with Crippen LogP contribution < -0.4 is 0 Å². The third kappa shape index (κ3) is 1.14. The van der Waals surface area contributed by atoms with Gasteiger partial charge in [-0.2, -0.15) is 5.26 Å². The van der Waals surface area contributed by atoms with Crippen molar-refractivity contribution < 1.29 is 0 Å². The van der Waals surface area contributed by atoms with Crippen molar-refractivity contribution in [1.82, 2.24) is 0 Å². The Kier molecular flexibility index (Phi) is 2.07. The molecule has 0 spiro atoms. The van der Waals surface area contributed by atoms with E-state index >= 15 is 0 Å². The first kappa shape index (κ1) is 9.27. The Morgan fingerprint density at radius 3 is 2.50 bits per heavy atom. The van der Waals surface area contributed by atoms with Crippen molar-refractivity contribution in [2.75, 3.05) is 0 Å². The second kappa shape index (κ2) is 3.13. The molecule has 1 aliphatic carbocycles. The summed E-state index contributed by atoms with van der Waals surface area (Å²) in [6.07, 6.45) is 1.01. The smallest absolute Gasteiger partial charge is 0.0659 e. The zero-order valence-corrected chi connectivity index (χ0v) is 8.70. The fourth-order valence-corrected chi connectivity index (χ4v) is 2.46. The van der Waals surface area contributed by atoms with E-state index in [0.717, 1.165) is 6.42 Å². The van der Waals surface area contributed by atoms with Gasteiger partial charge in [0.1, 0.15) is 0 Å². The van der Waals surface area contributed by atoms with E-state index in [9.17, 15) is 0 Å². The van der Waals surface area contributed by atoms with Crippen LogP contribution in [0.25, 0.3) is 0 Å². The van der Waals surface area contributed by atoms with Crippen LogP contribution in [0.15, 0.2) is 30.3 Å². The summed E-state index contributed by atoms with van der Waals surface area (Å²) >= 11 is 0. The van der Waals surface area contributed by atoms with E-state index in [2.05, 4.69) is 44.2 Å². The molecule has 0 aliphatic heterocycles. The van der Waals surface area contributed by atoms with E-state index in [-0.39, 0.29) is 11.3 Å². The molecule has 2 rings (SSSR count). The molecule has 0 heterocycles. The Morgan fingerprint density at radius 2 is 2.00 bits per heavy atom. The highest BCUT2D eigenvalue weighted by Gasteiger charge is 2.48. The lowest BCUT2D eigenvalue weighted by Gasteiger charge is -2.49. The van der Waals surface area contributed by atoms with Crippen molar-refractivity contribution in [3.8, 4) is 6.07 Å². The van der Waals surface area contributed by atoms with E-state index < -0.39 is 0 Å². The van der Waals surface area contributed by atoms with Crippen molar-refractivity contribution >= 4 is 0 Å². The largest absolute Gasteiger partial charge is 0.198 e. The molecule has 14 heavy (non-hydrogen) atoms. The van der Waals surface area contributed by atoms with Crippen LogP contribution in [-0.4, -0.2) is 0 Å². The lowest BCUT2D eigenvalue weighted by atomic mass is 9.53. The second-order valence-corrected chi connectivity index (χ2v) is 4.51. The highest BCUT2D eigenvalue weighted by molar-refractivity contribution is 5.30. The summed E-state index contributed by atoms with van der Waals surface area (Å²) in [5.41, 5.74) is 1.60. The van der Waals surface area contributed by atoms with Gasteiger partial charge in [-0.3, -0.25) is 0 Å². The van der Waals surface area contributed by atoms with Crippen LogP contribution in [0.1, 0.15) is 25.8 Å². The minimum absolute atomic E-state index is 0.224. The van der Waals surface area contributed by atoms with Crippen LogP contribution in [0, 0.1) is 23.2 Å². The quantitative estimate of drug-likeness (QED) is 0.659. The lowest BCUT2D eigenvalue weighted by molar-refractivity contribution is 0.101. The van der Waals surface area contributed by atoms with Gasteiger partial charge in [0.05, 0.1) is 12.0 Å². The Hall–Kier alpha value is -1.29. The Labute approximate surface area is 85.4 Å². The molecule has 0 radical (unpaired) electrons. The molecule has 1 saturated carbocycles. The van der Waals surface area contributed by atoms with Crippen LogP contribution in [-0.2, 0) is 5.41 Å². The van der Waals surface area contributed by atoms with E-state index in [1.807, 2.05) is 6.07 Å². The number of nitriles is 1. The van der Waals surface area contributed by atoms with Crippen LogP contribution in [0.4, 0.5) is 0 Å². The first-order chi connectivity index (χ1) is 6.68. The molecule has 1 nitrogen and oxygen atoms in total. The molecular weight excluding hydrogens is 170 g/mol. The number of hydrogen-bond donors (Lipinski definition) is 0. The maximum absolute atomic E-state index is 8.89. The van der Waals surface area contributed by atoms with Gasteiger partial charge < -0.3 is 0 Å². The van der Waals surface area contributed by atoms with E-state index in [4.69, 9.17) is 5.26 Å². The number of hydrogen-bond acceptors (Lipinski definition) is 1. The predicted molar refractivity (Wildman–Crippen MR) is 56.7 cm³/mol. The topological polar surface area (TPSA) is 23.8 Å². The molecule has 72 valence electrons. The maximum atomic E-state index is 8.89. The van der Waals surface area contributed by atoms with Gasteiger partial charge in [-0.15, -0.1) is 0 Å². The molecule has 0 bridgehead atoms. The molecule has 3 unspecified atom stereocenters. The highest BCUT2D eigenvalue weighted by atomic mass is 14.5. The molecule has 1 aromatic carbocycles. The van der Waals surface area contributed by atoms with Gasteiger partial charge in [0, 0.05) is 0 Å². The molecule has 0 saturated heterocycles. The molecular formula is C13H15N. The van der Waals surface area contributed by atoms with Crippen molar-refractivity contribution in [2.45, 2.75) is 25.7 Å². The summed E-state index contributed by atoms with van der Waals surface area (Å²) in [5, 5.41) is 8.89. The molecule has 1 heteroatoms. The van der Waals surface area contributed by atoms with Crippen molar-refractivity contribution in [1.29, 1.82) is 5.26 Å². The fraction of sp³-hybridized carbons (Fsp3) is 0.462. The molecule has 1 aliphatic rings. The van der Waals surface area contributed by atoms with Crippen molar-refractivity contribution in [3.05, 3.63) is 35.9 Å². The molecule has 0 aromatic heterocycles. The standard InChI is InChI=1S/C13H15N/c1-10-11(9-14)8-13(10,2)12-6-4-3-5-7-12/h3-7,10-11H,8H2,1-2H3. The maximum Gasteiger partial charge on any atom is 0.0659 e. The lowest BCUT2D eigenvalue weighted by Crippen LogP contribution is -2.47. The van der Waals surface area contributed by atoms with Crippen LogP contribution in [0.3, 0.4) is 0 Å². The minimum atomic E-state index is 0.224. The first-order valence-electron chi connectivity index (χ1n) is 5.13. The predicted octanol–water partition coefficient (Wildman–Crippen LogP) is 3.12. The summed E-state index contributed by atoms with van der Waals surface area (Å²) in [6, 6.07) is 12.9. The third-order valence-electron chi connectivity index (χ3n) is 3.85. The Morgan fingerprint density at radius 1 is 1.36 bits per heavy atom. The van der Waals surface area contributed by atoms with Gasteiger partial charge >= 0.3 is 0 Å². The van der Waals surface area contributed by atoms with Gasteiger partial charge in [-0.05, 0) is 23.3 Å². The SMILES string of the molecule is CC1C(C#N)CC1(C)c1ccccc1. The zero-order valence-electron chi connectivity index (χ0n) is 8.70. The van der Waals surface area contributed by atoms with E-state index in [0.29, 0.717) is 5.92 Å². The zero-order chi connectivity index (χ0) is 10.2. The normalized spacial score (nSPS) is 35.8. The fourth-order valence-electron chi connectivity index (χ4n) is 2.46. The summed E-state index contributed by atoms with van der Waals surface area (Å²) in [5.74, 6) is 0.732. The average molecular weight is 185 g/mol. The molecule has 1 fully saturated rings. The molecule has 0 amide bonds. The third-order valence-corrected chi connectivity index (χ3v) is 3.85. The monoisotopic (exact) mass is 185 g/mol. The van der Waals surface area contributed by atoms with Gasteiger partial charge in [-0.1, -0.05) is 44.2 Å². The number of nitrogens with zero attached hydrogens (tertiary/aromatic N) is 1. The molecule has 3 atom stereocenters. The number of rotatable bonds is 1. The Bertz CT molecular complexity index is 363. The van der Waals surface area contributed by atoms with E-state index in [1.165, 1.54) is 5.56 Å². The van der Waals surface area contributed by atoms with Gasteiger partial charge in [-0.25, -0.2) is 0 Å². The van der Waals surface area contributed by atoms with Crippen LogP contribution in [0.2, 0.25) is 0 Å². The first-order valence-corrected chi connectivity index (χ1v) is 5.13. The van der Waals surface area contributed by atoms with Crippen molar-refractivity contribution in [2.24, 2.45) is 11.8 Å². The summed E-state index contributed by atoms with van der Waals surface area (Å²) in [7, 11) is 0. The summed E-state index contributed by atoms with van der Waals surface area (Å²) < 4.78 is 0. The van der Waals surface area contributed by atoms with Gasteiger partial charge in [0.15, 0.2) is 0 Å². The summed E-state index contributed by atoms with van der Waals surface area (Å²) in [6.45, 7) is 4.45. The van der Waals surface area contributed by atoms with Gasteiger partial charge in [0.25, 0.3) is 0 Å². The van der Waals surface area contributed by atoms with E-state index in [1.54, 1.807) is 0 Å². The minimum Gasteiger partial charge on any atom is -0.198 e. The average Bonchev–Trinajstić information content (AvgIpc) is 2.26. The van der Waals surface area contributed by atoms with Crippen molar-refractivity contribution in [3.63, 3.8) is 0 Å². The van der Waals surface area contributed by atoms with Crippen LogP contribution >= 0.6 is 0 Å². The second-order valence-electron chi connectivity index (χ2n) is 4.51. The molecule has 0 N–H and O–H groups in total. The van der Waals surface area contributed by atoms with Crippen LogP contribution in [0.5, 0.6) is 0 Å². The van der Waals surface area contributed by atoms with Gasteiger partial charge in [0.2, 0.25) is 0 Å². The summed E-state index contributed by atoms with van der Waals surface area (Å²) in [4.78, 5) is 0. The number of benzene rings is 1. The molecule has 1 aromatic rings.